The summed E-state index contributed by atoms with van der Waals surface area (Å²) in [7, 11) is 0. The summed E-state index contributed by atoms with van der Waals surface area (Å²) in [6.45, 7) is 0. The molecule has 0 heterocycles. The van der Waals surface area contributed by atoms with E-state index in [1.807, 2.05) is 0 Å². The Balaban J connectivity index is 2.19. The van der Waals surface area contributed by atoms with Crippen molar-refractivity contribution >= 4 is 43.1 Å². The fraction of sp³-hybridized carbons (Fsp3) is 0. The molecule has 0 saturated carbocycles. The first-order valence-electron chi connectivity index (χ1n) is 8.39. The molecule has 4 aromatic carbocycles. The van der Waals surface area contributed by atoms with E-state index in [-0.39, 0.29) is 48.7 Å². The molecule has 28 heavy (non-hydrogen) atoms. The summed E-state index contributed by atoms with van der Waals surface area (Å²) < 4.78 is 42.6. The van der Waals surface area contributed by atoms with Gasteiger partial charge in [-0.05, 0) is 36.4 Å². The third-order valence-electron chi connectivity index (χ3n) is 5.53. The molecule has 4 aromatic rings. The monoisotopic (exact) mass is 375 g/mol. The van der Waals surface area contributed by atoms with Gasteiger partial charge in [0.05, 0.1) is 0 Å². The second-order valence-electron chi connectivity index (χ2n) is 6.99. The van der Waals surface area contributed by atoms with Gasteiger partial charge >= 0.3 is 0 Å². The lowest BCUT2D eigenvalue weighted by atomic mass is 9.80. The van der Waals surface area contributed by atoms with Crippen molar-refractivity contribution in [2.45, 2.75) is 0 Å². The van der Waals surface area contributed by atoms with Crippen molar-refractivity contribution in [2.75, 3.05) is 0 Å². The summed E-state index contributed by atoms with van der Waals surface area (Å²) in [6, 6.07) is 6.00. The zero-order valence-electron chi connectivity index (χ0n) is 13.8. The van der Waals surface area contributed by atoms with Gasteiger partial charge in [-0.3, -0.25) is 14.7 Å². The maximum absolute atomic E-state index is 14.2. The molecule has 6 heteroatoms. The number of hydrogen-bond acceptors (Lipinski definition) is 2. The number of benzene rings is 6. The normalized spacial score (nSPS) is 12.5. The van der Waals surface area contributed by atoms with Crippen LogP contribution in [0, 0.1) is 17.5 Å². The molecule has 0 bridgehead atoms. The second-order valence-corrected chi connectivity index (χ2v) is 6.99. The lowest BCUT2D eigenvalue weighted by molar-refractivity contribution is 0.365. The first kappa shape index (κ1) is 15.4. The van der Waals surface area contributed by atoms with Crippen LogP contribution in [0.15, 0.2) is 46.0 Å². The molecule has 3 nitrogen and oxygen atoms in total. The van der Waals surface area contributed by atoms with Crippen LogP contribution in [0.1, 0.15) is 0 Å². The first-order valence-corrected chi connectivity index (χ1v) is 8.39. The Kier molecular flexibility index (Phi) is 2.52. The van der Waals surface area contributed by atoms with Crippen LogP contribution in [0.5, 0.6) is 5.75 Å². The third-order valence-corrected chi connectivity index (χ3v) is 5.53. The van der Waals surface area contributed by atoms with Crippen LogP contribution in [0.2, 0.25) is 0 Å². The Bertz CT molecular complexity index is 1570. The van der Waals surface area contributed by atoms with Gasteiger partial charge in [-0.25, -0.2) is 13.2 Å². The maximum atomic E-state index is 14.2. The third kappa shape index (κ3) is 1.57. The molecule has 0 N–H and O–H groups in total. The van der Waals surface area contributed by atoms with Gasteiger partial charge in [0, 0.05) is 54.2 Å². The fourth-order valence-corrected chi connectivity index (χ4v) is 4.51. The van der Waals surface area contributed by atoms with Crippen LogP contribution in [-0.4, -0.2) is 0 Å². The van der Waals surface area contributed by atoms with E-state index >= 15 is 0 Å². The van der Waals surface area contributed by atoms with Crippen LogP contribution in [0.25, 0.3) is 54.2 Å². The number of halogens is 3. The molecular formula is C22H6F3O3. The van der Waals surface area contributed by atoms with Crippen LogP contribution in [0.4, 0.5) is 13.2 Å². The quantitative estimate of drug-likeness (QED) is 0.277. The average molecular weight is 375 g/mol. The van der Waals surface area contributed by atoms with E-state index in [4.69, 9.17) is 0 Å². The molecule has 0 spiro atoms. The summed E-state index contributed by atoms with van der Waals surface area (Å²) in [5.74, 6) is -3.07. The molecule has 133 valence electrons. The Morgan fingerprint density at radius 1 is 0.500 bits per heavy atom. The molecule has 0 aliphatic heterocycles. The molecule has 0 atom stereocenters. The summed E-state index contributed by atoms with van der Waals surface area (Å²) in [6.07, 6.45) is 0. The van der Waals surface area contributed by atoms with Crippen molar-refractivity contribution in [3.05, 3.63) is 74.3 Å². The SMILES string of the molecule is [O]c1c2cc(F)cc3c(=O)c4cc(F)cc5c4-c(c23)c2c1cc(F)cc2c5=O. The van der Waals surface area contributed by atoms with Crippen molar-refractivity contribution < 1.29 is 18.3 Å². The topological polar surface area (TPSA) is 54.0 Å². The average Bonchev–Trinajstić information content (AvgIpc) is 2.65. The van der Waals surface area contributed by atoms with Crippen LogP contribution in [-0.2, 0) is 5.11 Å². The van der Waals surface area contributed by atoms with Gasteiger partial charge in [-0.15, -0.1) is 0 Å². The van der Waals surface area contributed by atoms with Gasteiger partial charge < -0.3 is 0 Å². The fourth-order valence-electron chi connectivity index (χ4n) is 4.51. The summed E-state index contributed by atoms with van der Waals surface area (Å²) >= 11 is 0. The van der Waals surface area contributed by atoms with E-state index in [2.05, 4.69) is 0 Å². The Hall–Kier alpha value is -3.67. The summed E-state index contributed by atoms with van der Waals surface area (Å²) in [5, 5.41) is 13.0. The van der Waals surface area contributed by atoms with Crippen LogP contribution in [0.3, 0.4) is 0 Å². The highest BCUT2D eigenvalue weighted by molar-refractivity contribution is 6.31. The molecule has 0 aromatic heterocycles. The zero-order valence-corrected chi connectivity index (χ0v) is 13.8. The molecule has 0 saturated heterocycles. The zero-order chi connectivity index (χ0) is 19.5. The van der Waals surface area contributed by atoms with Crippen LogP contribution >= 0.6 is 0 Å². The van der Waals surface area contributed by atoms with Crippen molar-refractivity contribution in [3.8, 4) is 16.9 Å². The van der Waals surface area contributed by atoms with Crippen molar-refractivity contribution in [1.29, 1.82) is 0 Å². The van der Waals surface area contributed by atoms with Crippen molar-refractivity contribution in [2.24, 2.45) is 0 Å². The Labute approximate surface area is 153 Å². The smallest absolute Gasteiger partial charge is 0.194 e. The summed E-state index contributed by atoms with van der Waals surface area (Å²) in [4.78, 5) is 25.9. The van der Waals surface area contributed by atoms with E-state index in [0.717, 1.165) is 36.4 Å². The minimum absolute atomic E-state index is 0.0716. The minimum atomic E-state index is -0.803. The number of hydrogen-bond donors (Lipinski definition) is 0. The van der Waals surface area contributed by atoms with E-state index in [1.54, 1.807) is 0 Å². The summed E-state index contributed by atoms with van der Waals surface area (Å²) in [5.41, 5.74) is -0.738. The Morgan fingerprint density at radius 3 is 1.29 bits per heavy atom. The molecule has 2 aliphatic carbocycles. The molecule has 2 aliphatic rings. The molecular weight excluding hydrogens is 369 g/mol. The predicted octanol–water partition coefficient (Wildman–Crippen LogP) is 5.00. The van der Waals surface area contributed by atoms with Gasteiger partial charge in [-0.1, -0.05) is 0 Å². The highest BCUT2D eigenvalue weighted by atomic mass is 19.1. The van der Waals surface area contributed by atoms with Crippen molar-refractivity contribution in [1.82, 2.24) is 0 Å². The minimum Gasteiger partial charge on any atom is -0.289 e. The van der Waals surface area contributed by atoms with Crippen molar-refractivity contribution in [3.63, 3.8) is 0 Å². The lowest BCUT2D eigenvalue weighted by Crippen LogP contribution is -2.14. The van der Waals surface area contributed by atoms with Gasteiger partial charge in [0.2, 0.25) is 0 Å². The molecule has 6 rings (SSSR count). The largest absolute Gasteiger partial charge is 0.289 e. The van der Waals surface area contributed by atoms with E-state index in [0.29, 0.717) is 5.56 Å². The standard InChI is InChI=1S/C22H6F3O3/c23-7-1-10-16-11(2-7)21(27)14-5-9(25)6-15-18(14)19(16)17-12(20(10)26)3-8(24)4-13(17)22(15)28/h1-6H. The number of rotatable bonds is 0. The Morgan fingerprint density at radius 2 is 0.857 bits per heavy atom. The van der Waals surface area contributed by atoms with Gasteiger partial charge in [0.1, 0.15) is 17.5 Å². The predicted molar refractivity (Wildman–Crippen MR) is 99.2 cm³/mol. The van der Waals surface area contributed by atoms with Gasteiger partial charge in [0.25, 0.3) is 0 Å². The highest BCUT2D eigenvalue weighted by Gasteiger charge is 2.29. The van der Waals surface area contributed by atoms with Gasteiger partial charge in [0.15, 0.2) is 16.6 Å². The second kappa shape index (κ2) is 4.59. The lowest BCUT2D eigenvalue weighted by Gasteiger charge is -2.21. The van der Waals surface area contributed by atoms with Crippen LogP contribution < -0.4 is 10.9 Å². The molecule has 0 unspecified atom stereocenters. The maximum Gasteiger partial charge on any atom is 0.194 e. The highest BCUT2D eigenvalue weighted by Crippen LogP contribution is 2.49. The first-order chi connectivity index (χ1) is 13.4. The van der Waals surface area contributed by atoms with E-state index in [9.17, 15) is 27.9 Å². The van der Waals surface area contributed by atoms with Gasteiger partial charge in [-0.2, -0.15) is 0 Å². The molecule has 1 radical (unpaired) electrons. The van der Waals surface area contributed by atoms with E-state index < -0.39 is 34.1 Å². The van der Waals surface area contributed by atoms with E-state index in [1.165, 1.54) is 0 Å². The molecule has 0 fully saturated rings. The molecule has 0 amide bonds.